The lowest BCUT2D eigenvalue weighted by Crippen LogP contribution is -2.33. The van der Waals surface area contributed by atoms with E-state index in [1.165, 1.54) is 6.33 Å². The van der Waals surface area contributed by atoms with Gasteiger partial charge in [-0.3, -0.25) is 0 Å². The van der Waals surface area contributed by atoms with E-state index in [2.05, 4.69) is 9.97 Å². The Balaban J connectivity index is 2.08. The minimum atomic E-state index is -1.10. The zero-order valence-electron chi connectivity index (χ0n) is 12.0. The first-order valence-corrected chi connectivity index (χ1v) is 6.61. The summed E-state index contributed by atoms with van der Waals surface area (Å²) in [5, 5.41) is 9.02. The molecule has 6 heteroatoms. The van der Waals surface area contributed by atoms with Crippen molar-refractivity contribution >= 4 is 6.08 Å². The van der Waals surface area contributed by atoms with Gasteiger partial charge in [-0.25, -0.2) is 14.4 Å². The second-order valence-corrected chi connectivity index (χ2v) is 5.02. The van der Waals surface area contributed by atoms with Crippen LogP contribution in [0.25, 0.3) is 6.08 Å². The van der Waals surface area contributed by atoms with Gasteiger partial charge in [0.2, 0.25) is 0 Å². The van der Waals surface area contributed by atoms with Crippen molar-refractivity contribution in [2.24, 2.45) is 0 Å². The number of halogens is 1. The Morgan fingerprint density at radius 3 is 2.65 bits per heavy atom. The molecule has 1 aliphatic heterocycles. The fourth-order valence-electron chi connectivity index (χ4n) is 2.30. The lowest BCUT2D eigenvalue weighted by molar-refractivity contribution is -0.0572. The number of aliphatic hydroxyl groups excluding tert-OH is 1. The third kappa shape index (κ3) is 3.13. The number of hydrogen-bond acceptors (Lipinski definition) is 5. The molecule has 3 atom stereocenters. The van der Waals surface area contributed by atoms with E-state index in [1.54, 1.807) is 18.1 Å². The lowest BCUT2D eigenvalue weighted by atomic mass is 10.1. The Hall–Kier alpha value is -1.53. The van der Waals surface area contributed by atoms with Crippen LogP contribution in [0, 0.1) is 13.8 Å². The van der Waals surface area contributed by atoms with Crippen LogP contribution in [0.4, 0.5) is 4.39 Å². The predicted octanol–water partition coefficient (Wildman–Crippen LogP) is 1.44. The lowest BCUT2D eigenvalue weighted by Gasteiger charge is -2.24. The van der Waals surface area contributed by atoms with Crippen LogP contribution in [0.2, 0.25) is 0 Å². The van der Waals surface area contributed by atoms with Gasteiger partial charge in [0.15, 0.2) is 6.23 Å². The molecule has 0 amide bonds. The fourth-order valence-corrected chi connectivity index (χ4v) is 2.30. The molecule has 1 unspecified atom stereocenters. The highest BCUT2D eigenvalue weighted by atomic mass is 19.1. The van der Waals surface area contributed by atoms with E-state index < -0.39 is 18.5 Å². The monoisotopic (exact) mass is 281 g/mol. The molecule has 0 aliphatic carbocycles. The summed E-state index contributed by atoms with van der Waals surface area (Å²) in [6, 6.07) is 0. The molecule has 1 aromatic rings. The molecule has 1 N–H and O–H groups in total. The molecular formula is C14H20FN3O2. The van der Waals surface area contributed by atoms with Crippen molar-refractivity contribution in [3.05, 3.63) is 29.5 Å². The zero-order valence-corrected chi connectivity index (χ0v) is 12.0. The van der Waals surface area contributed by atoms with Gasteiger partial charge in [0.25, 0.3) is 0 Å². The minimum Gasteiger partial charge on any atom is -0.394 e. The molecule has 2 heterocycles. The number of hydrogen-bond donors (Lipinski definition) is 1. The summed E-state index contributed by atoms with van der Waals surface area (Å²) in [5.74, 6) is 0. The smallest absolute Gasteiger partial charge is 0.161 e. The fraction of sp³-hybridized carbons (Fsp3) is 0.571. The van der Waals surface area contributed by atoms with Crippen LogP contribution < -0.4 is 0 Å². The topological polar surface area (TPSA) is 58.5 Å². The van der Waals surface area contributed by atoms with E-state index in [9.17, 15) is 4.39 Å². The number of aromatic nitrogens is 2. The number of nitrogens with zero attached hydrogens (tertiary/aromatic N) is 3. The Bertz CT molecular complexity index is 475. The summed E-state index contributed by atoms with van der Waals surface area (Å²) < 4.78 is 19.3. The normalized spacial score (nSPS) is 26.4. The van der Waals surface area contributed by atoms with Crippen molar-refractivity contribution in [2.75, 3.05) is 13.7 Å². The largest absolute Gasteiger partial charge is 0.394 e. The van der Waals surface area contributed by atoms with Crippen molar-refractivity contribution in [2.45, 2.75) is 38.8 Å². The van der Waals surface area contributed by atoms with Crippen molar-refractivity contribution in [1.82, 2.24) is 14.9 Å². The molecule has 110 valence electrons. The summed E-state index contributed by atoms with van der Waals surface area (Å²) in [6.07, 6.45) is 3.18. The van der Waals surface area contributed by atoms with E-state index in [4.69, 9.17) is 9.84 Å². The second kappa shape index (κ2) is 6.28. The average Bonchev–Trinajstić information content (AvgIpc) is 2.79. The highest BCUT2D eigenvalue weighted by molar-refractivity contribution is 5.53. The molecular weight excluding hydrogens is 261 g/mol. The van der Waals surface area contributed by atoms with E-state index >= 15 is 0 Å². The number of aliphatic hydroxyl groups is 1. The van der Waals surface area contributed by atoms with Crippen LogP contribution in [0.1, 0.15) is 23.4 Å². The zero-order chi connectivity index (χ0) is 14.7. The molecule has 0 radical (unpaired) electrons. The van der Waals surface area contributed by atoms with Gasteiger partial charge in [-0.05, 0) is 19.9 Å². The molecule has 1 aliphatic rings. The maximum absolute atomic E-state index is 13.8. The molecule has 0 bridgehead atoms. The van der Waals surface area contributed by atoms with Gasteiger partial charge in [0.05, 0.1) is 12.7 Å². The van der Waals surface area contributed by atoms with Crippen LogP contribution in [0.15, 0.2) is 12.5 Å². The summed E-state index contributed by atoms with van der Waals surface area (Å²) in [6.45, 7) is 3.65. The molecule has 0 spiro atoms. The Kier molecular flexibility index (Phi) is 4.67. The van der Waals surface area contributed by atoms with Gasteiger partial charge >= 0.3 is 0 Å². The third-order valence-electron chi connectivity index (χ3n) is 3.49. The summed E-state index contributed by atoms with van der Waals surface area (Å²) in [4.78, 5) is 9.95. The first kappa shape index (κ1) is 14.9. The van der Waals surface area contributed by atoms with Gasteiger partial charge in [0.1, 0.15) is 12.5 Å². The van der Waals surface area contributed by atoms with E-state index in [0.717, 1.165) is 17.0 Å². The van der Waals surface area contributed by atoms with Crippen molar-refractivity contribution in [1.29, 1.82) is 0 Å². The molecule has 1 saturated heterocycles. The SMILES string of the molecule is Cc1ncnc(C)c1/C=C\N(C)[C@@H]1OC(CO)C[C@@H]1F. The van der Waals surface area contributed by atoms with Gasteiger partial charge in [-0.15, -0.1) is 0 Å². The first-order chi connectivity index (χ1) is 9.52. The highest BCUT2D eigenvalue weighted by Gasteiger charge is 2.36. The number of rotatable bonds is 4. The Morgan fingerprint density at radius 1 is 1.45 bits per heavy atom. The van der Waals surface area contributed by atoms with Gasteiger partial charge in [-0.2, -0.15) is 0 Å². The van der Waals surface area contributed by atoms with E-state index in [0.29, 0.717) is 0 Å². The predicted molar refractivity (Wildman–Crippen MR) is 73.6 cm³/mol. The van der Waals surface area contributed by atoms with E-state index in [-0.39, 0.29) is 13.0 Å². The molecule has 1 fully saturated rings. The standard InChI is InChI=1S/C14H20FN3O2/c1-9-12(10(2)17-8-16-9)4-5-18(3)14-13(15)6-11(7-19)20-14/h4-5,8,11,13-14,19H,6-7H2,1-3H3/b5-4-/t11?,13-,14+/m0/s1. The van der Waals surface area contributed by atoms with Crippen LogP contribution >= 0.6 is 0 Å². The molecule has 2 rings (SSSR count). The van der Waals surface area contributed by atoms with Gasteiger partial charge in [-0.1, -0.05) is 0 Å². The van der Waals surface area contributed by atoms with Gasteiger partial charge < -0.3 is 14.7 Å². The molecule has 20 heavy (non-hydrogen) atoms. The quantitative estimate of drug-likeness (QED) is 0.905. The van der Waals surface area contributed by atoms with Gasteiger partial charge in [0, 0.05) is 36.6 Å². The summed E-state index contributed by atoms with van der Waals surface area (Å²) >= 11 is 0. The van der Waals surface area contributed by atoms with Crippen molar-refractivity contribution in [3.8, 4) is 0 Å². The summed E-state index contributed by atoms with van der Waals surface area (Å²) in [7, 11) is 1.75. The van der Waals surface area contributed by atoms with Crippen molar-refractivity contribution in [3.63, 3.8) is 0 Å². The second-order valence-electron chi connectivity index (χ2n) is 5.02. The molecule has 0 saturated carbocycles. The van der Waals surface area contributed by atoms with Crippen LogP contribution in [0.5, 0.6) is 0 Å². The maximum Gasteiger partial charge on any atom is 0.161 e. The average molecular weight is 281 g/mol. The molecule has 5 nitrogen and oxygen atoms in total. The highest BCUT2D eigenvalue weighted by Crippen LogP contribution is 2.25. The van der Waals surface area contributed by atoms with Crippen LogP contribution in [-0.2, 0) is 4.74 Å². The summed E-state index contributed by atoms with van der Waals surface area (Å²) in [5.41, 5.74) is 2.67. The number of aryl methyl sites for hydroxylation is 2. The Morgan fingerprint density at radius 2 is 2.10 bits per heavy atom. The minimum absolute atomic E-state index is 0.154. The first-order valence-electron chi connectivity index (χ1n) is 6.61. The number of alkyl halides is 1. The van der Waals surface area contributed by atoms with Crippen LogP contribution in [-0.4, -0.2) is 52.1 Å². The van der Waals surface area contributed by atoms with Crippen LogP contribution in [0.3, 0.4) is 0 Å². The molecule has 0 aromatic carbocycles. The third-order valence-corrected chi connectivity index (χ3v) is 3.49. The molecule has 1 aromatic heterocycles. The van der Waals surface area contributed by atoms with E-state index in [1.807, 2.05) is 19.9 Å². The Labute approximate surface area is 118 Å². The van der Waals surface area contributed by atoms with Crippen molar-refractivity contribution < 1.29 is 14.2 Å². The maximum atomic E-state index is 13.8. The number of ether oxygens (including phenoxy) is 1.